The Bertz CT molecular complexity index is 541. The third-order valence-electron chi connectivity index (χ3n) is 2.77. The van der Waals surface area contributed by atoms with Crippen molar-refractivity contribution in [1.29, 1.82) is 0 Å². The van der Waals surface area contributed by atoms with E-state index in [1.54, 1.807) is 11.8 Å². The minimum absolute atomic E-state index is 0.491. The third-order valence-corrected chi connectivity index (χ3v) is 3.56. The molecule has 0 aliphatic carbocycles. The Labute approximate surface area is 113 Å². The number of aliphatic imine (C=N–C) groups is 1. The minimum Gasteiger partial charge on any atom is -0.351 e. The molecule has 18 heavy (non-hydrogen) atoms. The Morgan fingerprint density at radius 3 is 2.67 bits per heavy atom. The Morgan fingerprint density at radius 2 is 2.00 bits per heavy atom. The van der Waals surface area contributed by atoms with Crippen LogP contribution in [0.15, 0.2) is 52.6 Å². The van der Waals surface area contributed by atoms with Crippen LogP contribution in [-0.4, -0.2) is 17.0 Å². The number of hydrogen-bond acceptors (Lipinski definition) is 2. The van der Waals surface area contributed by atoms with Gasteiger partial charge in [0.05, 0.1) is 5.69 Å². The third kappa shape index (κ3) is 3.05. The van der Waals surface area contributed by atoms with Gasteiger partial charge in [0.2, 0.25) is 0 Å². The van der Waals surface area contributed by atoms with Crippen molar-refractivity contribution in [3.8, 4) is 0 Å². The second-order valence-electron chi connectivity index (χ2n) is 4.42. The van der Waals surface area contributed by atoms with E-state index in [-0.39, 0.29) is 0 Å². The molecule has 1 heterocycles. The van der Waals surface area contributed by atoms with Crippen LogP contribution < -0.4 is 0 Å². The van der Waals surface area contributed by atoms with Crippen LogP contribution >= 0.6 is 11.8 Å². The van der Waals surface area contributed by atoms with E-state index in [1.807, 2.05) is 24.4 Å². The summed E-state index contributed by atoms with van der Waals surface area (Å²) in [6, 6.07) is 10.8. The molecule has 0 atom stereocenters. The molecule has 0 bridgehead atoms. The van der Waals surface area contributed by atoms with Crippen molar-refractivity contribution in [2.75, 3.05) is 6.26 Å². The zero-order chi connectivity index (χ0) is 13.0. The average Bonchev–Trinajstić information content (AvgIpc) is 2.85. The maximum atomic E-state index is 4.56. The van der Waals surface area contributed by atoms with Gasteiger partial charge in [0.25, 0.3) is 0 Å². The molecule has 0 saturated carbocycles. The van der Waals surface area contributed by atoms with Crippen molar-refractivity contribution >= 4 is 23.7 Å². The molecule has 2 rings (SSSR count). The van der Waals surface area contributed by atoms with Gasteiger partial charge in [-0.15, -0.1) is 11.8 Å². The highest BCUT2D eigenvalue weighted by Gasteiger charge is 1.99. The molecule has 1 aromatic carbocycles. The largest absolute Gasteiger partial charge is 0.351 e. The van der Waals surface area contributed by atoms with E-state index in [1.165, 1.54) is 4.90 Å². The summed E-state index contributed by atoms with van der Waals surface area (Å²) in [6.45, 7) is 4.34. The lowest BCUT2D eigenvalue weighted by Gasteiger charge is -2.04. The lowest BCUT2D eigenvalue weighted by atomic mass is 10.3. The maximum Gasteiger partial charge on any atom is 0.0765 e. The fourth-order valence-electron chi connectivity index (χ4n) is 1.71. The highest BCUT2D eigenvalue weighted by atomic mass is 32.2. The van der Waals surface area contributed by atoms with Crippen molar-refractivity contribution in [3.63, 3.8) is 0 Å². The summed E-state index contributed by atoms with van der Waals surface area (Å²) < 4.78 is 2.18. The fraction of sp³-hybridized carbons (Fsp3) is 0.267. The normalized spacial score (nSPS) is 11.6. The second-order valence-corrected chi connectivity index (χ2v) is 5.26. The second kappa shape index (κ2) is 5.91. The summed E-state index contributed by atoms with van der Waals surface area (Å²) in [6.07, 6.45) is 8.21. The van der Waals surface area contributed by atoms with Gasteiger partial charge in [-0.05, 0) is 38.3 Å². The first kappa shape index (κ1) is 13.0. The summed E-state index contributed by atoms with van der Waals surface area (Å²) in [5, 5.41) is 0. The standard InChI is InChI=1S/C15H18N2S/c1-12(2)17-9-8-13(11-17)10-16-14-6-4-5-7-15(14)18-3/h4-12H,1-3H3. The molecule has 0 radical (unpaired) electrons. The molecule has 0 saturated heterocycles. The van der Waals surface area contributed by atoms with E-state index in [4.69, 9.17) is 0 Å². The monoisotopic (exact) mass is 258 g/mol. The zero-order valence-corrected chi connectivity index (χ0v) is 11.8. The molecule has 0 aliphatic heterocycles. The molecule has 0 fully saturated rings. The van der Waals surface area contributed by atoms with Gasteiger partial charge in [-0.3, -0.25) is 4.99 Å². The van der Waals surface area contributed by atoms with Crippen LogP contribution in [0.3, 0.4) is 0 Å². The molecule has 0 N–H and O–H groups in total. The Morgan fingerprint density at radius 1 is 1.22 bits per heavy atom. The Kier molecular flexibility index (Phi) is 4.26. The van der Waals surface area contributed by atoms with Crippen molar-refractivity contribution in [1.82, 2.24) is 4.57 Å². The van der Waals surface area contributed by atoms with Gasteiger partial charge >= 0.3 is 0 Å². The molecule has 2 nitrogen and oxygen atoms in total. The minimum atomic E-state index is 0.491. The van der Waals surface area contributed by atoms with Crippen LogP contribution in [0, 0.1) is 0 Å². The van der Waals surface area contributed by atoms with Gasteiger partial charge in [-0.2, -0.15) is 0 Å². The van der Waals surface area contributed by atoms with Gasteiger partial charge in [0.15, 0.2) is 0 Å². The molecule has 0 unspecified atom stereocenters. The first-order valence-corrected chi connectivity index (χ1v) is 7.27. The smallest absolute Gasteiger partial charge is 0.0765 e. The molecule has 0 amide bonds. The quantitative estimate of drug-likeness (QED) is 0.581. The highest BCUT2D eigenvalue weighted by Crippen LogP contribution is 2.27. The average molecular weight is 258 g/mol. The molecule has 0 spiro atoms. The van der Waals surface area contributed by atoms with Crippen LogP contribution in [0.2, 0.25) is 0 Å². The number of thioether (sulfide) groups is 1. The lowest BCUT2D eigenvalue weighted by molar-refractivity contribution is 0.603. The van der Waals surface area contributed by atoms with E-state index < -0.39 is 0 Å². The van der Waals surface area contributed by atoms with Crippen molar-refractivity contribution in [2.24, 2.45) is 4.99 Å². The summed E-state index contributed by atoms with van der Waals surface area (Å²) in [5.41, 5.74) is 2.17. The summed E-state index contributed by atoms with van der Waals surface area (Å²) in [4.78, 5) is 5.77. The lowest BCUT2D eigenvalue weighted by Crippen LogP contribution is -1.95. The first-order chi connectivity index (χ1) is 8.70. The molecule has 0 aliphatic rings. The number of nitrogens with zero attached hydrogens (tertiary/aromatic N) is 2. The SMILES string of the molecule is CSc1ccccc1N=Cc1ccn(C(C)C)c1. The van der Waals surface area contributed by atoms with Crippen molar-refractivity contribution in [3.05, 3.63) is 48.3 Å². The summed E-state index contributed by atoms with van der Waals surface area (Å²) in [7, 11) is 0. The number of aromatic nitrogens is 1. The molecule has 94 valence electrons. The predicted molar refractivity (Wildman–Crippen MR) is 80.3 cm³/mol. The van der Waals surface area contributed by atoms with Crippen LogP contribution in [0.1, 0.15) is 25.5 Å². The van der Waals surface area contributed by atoms with Crippen LogP contribution in [0.5, 0.6) is 0 Å². The summed E-state index contributed by atoms with van der Waals surface area (Å²) >= 11 is 1.72. The molecule has 3 heteroatoms. The van der Waals surface area contributed by atoms with Crippen molar-refractivity contribution < 1.29 is 0 Å². The highest BCUT2D eigenvalue weighted by molar-refractivity contribution is 7.98. The van der Waals surface area contributed by atoms with E-state index in [9.17, 15) is 0 Å². The topological polar surface area (TPSA) is 17.3 Å². The number of benzene rings is 1. The van der Waals surface area contributed by atoms with E-state index in [2.05, 4.69) is 54.2 Å². The molecule has 1 aromatic heterocycles. The van der Waals surface area contributed by atoms with Gasteiger partial charge in [0, 0.05) is 35.1 Å². The molecular formula is C15H18N2S. The Balaban J connectivity index is 2.19. The number of rotatable bonds is 4. The van der Waals surface area contributed by atoms with Gasteiger partial charge in [0.1, 0.15) is 0 Å². The molecular weight excluding hydrogens is 240 g/mol. The van der Waals surface area contributed by atoms with Crippen LogP contribution in [0.25, 0.3) is 0 Å². The first-order valence-electron chi connectivity index (χ1n) is 6.05. The number of hydrogen-bond donors (Lipinski definition) is 0. The number of para-hydroxylation sites is 1. The maximum absolute atomic E-state index is 4.56. The predicted octanol–water partition coefficient (Wildman–Crippen LogP) is 4.54. The van der Waals surface area contributed by atoms with Gasteiger partial charge in [-0.1, -0.05) is 12.1 Å². The molecule has 2 aromatic rings. The van der Waals surface area contributed by atoms with Gasteiger partial charge in [-0.25, -0.2) is 0 Å². The van der Waals surface area contributed by atoms with E-state index in [0.717, 1.165) is 11.3 Å². The van der Waals surface area contributed by atoms with Crippen LogP contribution in [-0.2, 0) is 0 Å². The van der Waals surface area contributed by atoms with Crippen molar-refractivity contribution in [2.45, 2.75) is 24.8 Å². The summed E-state index contributed by atoms with van der Waals surface area (Å²) in [5.74, 6) is 0. The zero-order valence-electron chi connectivity index (χ0n) is 11.0. The fourth-order valence-corrected chi connectivity index (χ4v) is 2.25. The van der Waals surface area contributed by atoms with Gasteiger partial charge < -0.3 is 4.57 Å². The van der Waals surface area contributed by atoms with Crippen LogP contribution in [0.4, 0.5) is 5.69 Å². The van der Waals surface area contributed by atoms with E-state index >= 15 is 0 Å². The Hall–Kier alpha value is -1.48. The van der Waals surface area contributed by atoms with E-state index in [0.29, 0.717) is 6.04 Å².